The van der Waals surface area contributed by atoms with Gasteiger partial charge < -0.3 is 4.90 Å². The van der Waals surface area contributed by atoms with Crippen LogP contribution in [-0.2, 0) is 4.79 Å². The van der Waals surface area contributed by atoms with E-state index in [1.54, 1.807) is 0 Å². The predicted octanol–water partition coefficient (Wildman–Crippen LogP) is 1.94. The highest BCUT2D eigenvalue weighted by Gasteiger charge is 2.39. The molecule has 1 amide bonds. The average Bonchev–Trinajstić information content (AvgIpc) is 3.06. The van der Waals surface area contributed by atoms with E-state index in [2.05, 4.69) is 6.07 Å². The summed E-state index contributed by atoms with van der Waals surface area (Å²) >= 11 is 0. The Balaban J connectivity index is 1.90. The zero-order chi connectivity index (χ0) is 10.8. The van der Waals surface area contributed by atoms with Crippen LogP contribution in [0, 0.1) is 23.2 Å². The van der Waals surface area contributed by atoms with Gasteiger partial charge >= 0.3 is 0 Å². The Morgan fingerprint density at radius 3 is 2.60 bits per heavy atom. The lowest BCUT2D eigenvalue weighted by atomic mass is 10.0. The van der Waals surface area contributed by atoms with Crippen LogP contribution >= 0.6 is 0 Å². The second kappa shape index (κ2) is 4.22. The van der Waals surface area contributed by atoms with Gasteiger partial charge in [-0.1, -0.05) is 6.92 Å². The number of hydrogen-bond donors (Lipinski definition) is 0. The van der Waals surface area contributed by atoms with Gasteiger partial charge in [0.25, 0.3) is 0 Å². The van der Waals surface area contributed by atoms with Crippen molar-refractivity contribution in [2.45, 2.75) is 45.1 Å². The maximum atomic E-state index is 12.1. The van der Waals surface area contributed by atoms with E-state index < -0.39 is 0 Å². The zero-order valence-corrected chi connectivity index (χ0v) is 9.28. The molecular formula is C12H18N2O. The SMILES string of the molecule is CC(C(=O)N(CCC#N)C1CC1)C1CC1. The molecule has 0 aromatic carbocycles. The molecular weight excluding hydrogens is 188 g/mol. The minimum atomic E-state index is 0.185. The van der Waals surface area contributed by atoms with Gasteiger partial charge in [0.2, 0.25) is 5.91 Å². The molecule has 3 nitrogen and oxygen atoms in total. The second-order valence-corrected chi connectivity index (χ2v) is 4.80. The molecule has 3 heteroatoms. The van der Waals surface area contributed by atoms with E-state index in [0.717, 1.165) is 12.8 Å². The molecule has 0 heterocycles. The van der Waals surface area contributed by atoms with Gasteiger partial charge in [0.1, 0.15) is 0 Å². The molecule has 0 aromatic rings. The summed E-state index contributed by atoms with van der Waals surface area (Å²) < 4.78 is 0. The van der Waals surface area contributed by atoms with Gasteiger partial charge in [-0.3, -0.25) is 4.79 Å². The van der Waals surface area contributed by atoms with Gasteiger partial charge in [-0.25, -0.2) is 0 Å². The van der Waals surface area contributed by atoms with Crippen molar-refractivity contribution in [3.8, 4) is 6.07 Å². The Hall–Kier alpha value is -1.04. The molecule has 2 rings (SSSR count). The maximum absolute atomic E-state index is 12.1. The van der Waals surface area contributed by atoms with Crippen LogP contribution in [-0.4, -0.2) is 23.4 Å². The van der Waals surface area contributed by atoms with Crippen molar-refractivity contribution >= 4 is 5.91 Å². The first-order chi connectivity index (χ1) is 7.24. The highest BCUT2D eigenvalue weighted by molar-refractivity contribution is 5.79. The summed E-state index contributed by atoms with van der Waals surface area (Å²) in [7, 11) is 0. The average molecular weight is 206 g/mol. The van der Waals surface area contributed by atoms with E-state index in [-0.39, 0.29) is 11.8 Å². The van der Waals surface area contributed by atoms with Crippen LogP contribution in [0.1, 0.15) is 39.0 Å². The Kier molecular flexibility index (Phi) is 2.95. The minimum absolute atomic E-state index is 0.185. The number of nitriles is 1. The van der Waals surface area contributed by atoms with E-state index in [9.17, 15) is 4.79 Å². The van der Waals surface area contributed by atoms with Crippen LogP contribution < -0.4 is 0 Å². The number of hydrogen-bond acceptors (Lipinski definition) is 2. The van der Waals surface area contributed by atoms with Crippen molar-refractivity contribution in [3.05, 3.63) is 0 Å². The highest BCUT2D eigenvalue weighted by Crippen LogP contribution is 2.39. The van der Waals surface area contributed by atoms with Gasteiger partial charge in [-0.15, -0.1) is 0 Å². The van der Waals surface area contributed by atoms with E-state index in [0.29, 0.717) is 24.9 Å². The first-order valence-corrected chi connectivity index (χ1v) is 5.91. The van der Waals surface area contributed by atoms with E-state index in [1.165, 1.54) is 12.8 Å². The Morgan fingerprint density at radius 1 is 1.47 bits per heavy atom. The van der Waals surface area contributed by atoms with Gasteiger partial charge in [0.05, 0.1) is 12.5 Å². The third kappa shape index (κ3) is 2.50. The molecule has 0 bridgehead atoms. The number of nitrogens with zero attached hydrogens (tertiary/aromatic N) is 2. The fourth-order valence-corrected chi connectivity index (χ4v) is 2.09. The van der Waals surface area contributed by atoms with Crippen molar-refractivity contribution in [3.63, 3.8) is 0 Å². The topological polar surface area (TPSA) is 44.1 Å². The summed E-state index contributed by atoms with van der Waals surface area (Å²) in [6.07, 6.45) is 5.16. The summed E-state index contributed by atoms with van der Waals surface area (Å²) in [6.45, 7) is 2.68. The summed E-state index contributed by atoms with van der Waals surface area (Å²) in [5.41, 5.74) is 0. The van der Waals surface area contributed by atoms with Crippen LogP contribution in [0.5, 0.6) is 0 Å². The first-order valence-electron chi connectivity index (χ1n) is 5.91. The first kappa shape index (κ1) is 10.5. The molecule has 2 aliphatic carbocycles. The van der Waals surface area contributed by atoms with E-state index in [1.807, 2.05) is 11.8 Å². The fourth-order valence-electron chi connectivity index (χ4n) is 2.09. The molecule has 2 fully saturated rings. The fraction of sp³-hybridized carbons (Fsp3) is 0.833. The molecule has 1 atom stereocenters. The van der Waals surface area contributed by atoms with Crippen LogP contribution in [0.4, 0.5) is 0 Å². The van der Waals surface area contributed by atoms with Crippen molar-refractivity contribution in [1.29, 1.82) is 5.26 Å². The predicted molar refractivity (Wildman–Crippen MR) is 56.9 cm³/mol. The molecule has 0 aliphatic heterocycles. The Labute approximate surface area is 91.1 Å². The Morgan fingerprint density at radius 2 is 2.13 bits per heavy atom. The smallest absolute Gasteiger partial charge is 0.225 e. The molecule has 0 saturated heterocycles. The molecule has 82 valence electrons. The van der Waals surface area contributed by atoms with Crippen molar-refractivity contribution in [2.75, 3.05) is 6.54 Å². The maximum Gasteiger partial charge on any atom is 0.225 e. The molecule has 0 aromatic heterocycles. The molecule has 15 heavy (non-hydrogen) atoms. The van der Waals surface area contributed by atoms with Gasteiger partial charge in [0.15, 0.2) is 0 Å². The monoisotopic (exact) mass is 206 g/mol. The lowest BCUT2D eigenvalue weighted by molar-refractivity contribution is -0.136. The number of rotatable bonds is 5. The van der Waals surface area contributed by atoms with Crippen LogP contribution in [0.3, 0.4) is 0 Å². The molecule has 2 aliphatic rings. The highest BCUT2D eigenvalue weighted by atomic mass is 16.2. The van der Waals surface area contributed by atoms with Crippen molar-refractivity contribution < 1.29 is 4.79 Å². The van der Waals surface area contributed by atoms with Crippen molar-refractivity contribution in [1.82, 2.24) is 4.90 Å². The van der Waals surface area contributed by atoms with Crippen LogP contribution in [0.25, 0.3) is 0 Å². The quantitative estimate of drug-likeness (QED) is 0.690. The third-order valence-corrected chi connectivity index (χ3v) is 3.45. The van der Waals surface area contributed by atoms with Gasteiger partial charge in [-0.2, -0.15) is 5.26 Å². The van der Waals surface area contributed by atoms with Gasteiger partial charge in [0, 0.05) is 18.5 Å². The molecule has 0 N–H and O–H groups in total. The molecule has 0 spiro atoms. The standard InChI is InChI=1S/C12H18N2O/c1-9(10-3-4-10)12(15)14(8-2-7-13)11-5-6-11/h9-11H,2-6,8H2,1H3. The molecule has 1 unspecified atom stereocenters. The summed E-state index contributed by atoms with van der Waals surface area (Å²) in [4.78, 5) is 14.1. The third-order valence-electron chi connectivity index (χ3n) is 3.45. The van der Waals surface area contributed by atoms with Crippen LogP contribution in [0.15, 0.2) is 0 Å². The molecule has 2 saturated carbocycles. The molecule has 0 radical (unpaired) electrons. The number of amides is 1. The summed E-state index contributed by atoms with van der Waals surface area (Å²) in [6, 6.07) is 2.58. The van der Waals surface area contributed by atoms with E-state index in [4.69, 9.17) is 5.26 Å². The zero-order valence-electron chi connectivity index (χ0n) is 9.28. The van der Waals surface area contributed by atoms with Gasteiger partial charge in [-0.05, 0) is 31.6 Å². The van der Waals surface area contributed by atoms with E-state index >= 15 is 0 Å². The van der Waals surface area contributed by atoms with Crippen molar-refractivity contribution in [2.24, 2.45) is 11.8 Å². The lowest BCUT2D eigenvalue weighted by Gasteiger charge is -2.24. The number of carbonyl (C=O) groups excluding carboxylic acids is 1. The largest absolute Gasteiger partial charge is 0.338 e. The lowest BCUT2D eigenvalue weighted by Crippen LogP contribution is -2.38. The van der Waals surface area contributed by atoms with Crippen LogP contribution in [0.2, 0.25) is 0 Å². The summed E-state index contributed by atoms with van der Waals surface area (Å²) in [5, 5.41) is 8.57. The summed E-state index contributed by atoms with van der Waals surface area (Å²) in [5.74, 6) is 1.10. The normalized spacial score (nSPS) is 21.9. The minimum Gasteiger partial charge on any atom is -0.338 e. The second-order valence-electron chi connectivity index (χ2n) is 4.80. The number of carbonyl (C=O) groups is 1. The Bertz CT molecular complexity index is 286.